The number of primary amides is 1. The van der Waals surface area contributed by atoms with Crippen LogP contribution in [0.15, 0.2) is 29.2 Å². The van der Waals surface area contributed by atoms with Crippen LogP contribution in [0.1, 0.15) is 6.92 Å². The van der Waals surface area contributed by atoms with E-state index in [4.69, 9.17) is 10.8 Å². The summed E-state index contributed by atoms with van der Waals surface area (Å²) in [7, 11) is 0. The van der Waals surface area contributed by atoms with Crippen molar-refractivity contribution < 1.29 is 14.7 Å². The first-order valence-corrected chi connectivity index (χ1v) is 5.43. The third kappa shape index (κ3) is 3.82. The highest BCUT2D eigenvalue weighted by atomic mass is 32.2. The maximum atomic E-state index is 11.3. The second-order valence-corrected chi connectivity index (χ2v) is 4.52. The summed E-state index contributed by atoms with van der Waals surface area (Å²) >= 11 is 1.27. The van der Waals surface area contributed by atoms with Crippen LogP contribution < -0.4 is 11.1 Å². The maximum Gasteiger partial charge on any atom is 0.318 e. The molecule has 0 heterocycles. The van der Waals surface area contributed by atoms with Gasteiger partial charge in [-0.3, -0.25) is 10.1 Å². The highest BCUT2D eigenvalue weighted by Crippen LogP contribution is 2.24. The average Bonchev–Trinajstić information content (AvgIpc) is 2.20. The number of amides is 3. The van der Waals surface area contributed by atoms with Gasteiger partial charge in [-0.2, -0.15) is 0 Å². The predicted octanol–water partition coefficient (Wildman–Crippen LogP) is 1.07. The topological polar surface area (TPSA) is 92.4 Å². The van der Waals surface area contributed by atoms with E-state index >= 15 is 0 Å². The number of phenols is 1. The fraction of sp³-hybridized carbons (Fsp3) is 0.200. The predicted molar refractivity (Wildman–Crippen MR) is 61.2 cm³/mol. The summed E-state index contributed by atoms with van der Waals surface area (Å²) in [4.78, 5) is 22.6. The number of hydrogen-bond donors (Lipinski definition) is 3. The zero-order valence-corrected chi connectivity index (χ0v) is 9.45. The number of benzene rings is 1. The number of phenolic OH excluding ortho intramolecular Hbond substituents is 1. The molecule has 6 heteroatoms. The normalized spacial score (nSPS) is 11.8. The monoisotopic (exact) mass is 240 g/mol. The van der Waals surface area contributed by atoms with Crippen molar-refractivity contribution >= 4 is 23.7 Å². The summed E-state index contributed by atoms with van der Waals surface area (Å²) in [6.45, 7) is 1.66. The molecule has 1 aromatic carbocycles. The molecule has 3 amide bonds. The Kier molecular flexibility index (Phi) is 4.19. The lowest BCUT2D eigenvalue weighted by atomic mass is 10.3. The standard InChI is InChI=1S/C10H12N2O3S/c1-6(9(14)12-10(11)15)16-8-4-2-7(13)3-5-8/h2-6,13H,1H3,(H3,11,12,14,15)/t6-/m0/s1. The molecule has 0 aromatic heterocycles. The minimum atomic E-state index is -0.858. The van der Waals surface area contributed by atoms with Gasteiger partial charge in [-0.25, -0.2) is 4.79 Å². The molecule has 86 valence electrons. The van der Waals surface area contributed by atoms with E-state index in [-0.39, 0.29) is 5.75 Å². The van der Waals surface area contributed by atoms with Crippen molar-refractivity contribution in [2.45, 2.75) is 17.1 Å². The number of aromatic hydroxyl groups is 1. The molecule has 0 saturated heterocycles. The molecule has 0 aliphatic heterocycles. The first kappa shape index (κ1) is 12.4. The van der Waals surface area contributed by atoms with Gasteiger partial charge < -0.3 is 10.8 Å². The van der Waals surface area contributed by atoms with Crippen molar-refractivity contribution in [2.75, 3.05) is 0 Å². The Morgan fingerprint density at radius 2 is 1.94 bits per heavy atom. The van der Waals surface area contributed by atoms with Crippen LogP contribution in [0.4, 0.5) is 4.79 Å². The summed E-state index contributed by atoms with van der Waals surface area (Å²) in [5.74, 6) is -0.274. The quantitative estimate of drug-likeness (QED) is 0.689. The third-order valence-corrected chi connectivity index (χ3v) is 2.88. The van der Waals surface area contributed by atoms with E-state index in [2.05, 4.69) is 0 Å². The average molecular weight is 240 g/mol. The zero-order valence-electron chi connectivity index (χ0n) is 8.64. The molecule has 5 nitrogen and oxygen atoms in total. The van der Waals surface area contributed by atoms with Crippen molar-refractivity contribution in [1.82, 2.24) is 5.32 Å². The molecule has 4 N–H and O–H groups in total. The summed E-state index contributed by atoms with van der Waals surface area (Å²) in [5.41, 5.74) is 4.83. The highest BCUT2D eigenvalue weighted by molar-refractivity contribution is 8.00. The lowest BCUT2D eigenvalue weighted by Gasteiger charge is -2.09. The molecule has 0 bridgehead atoms. The molecule has 1 atom stereocenters. The Balaban J connectivity index is 2.57. The van der Waals surface area contributed by atoms with Gasteiger partial charge in [0.05, 0.1) is 5.25 Å². The van der Waals surface area contributed by atoms with Crippen LogP contribution in [0.3, 0.4) is 0 Å². The highest BCUT2D eigenvalue weighted by Gasteiger charge is 2.15. The van der Waals surface area contributed by atoms with E-state index in [9.17, 15) is 9.59 Å². The van der Waals surface area contributed by atoms with Crippen LogP contribution >= 0.6 is 11.8 Å². The first-order chi connectivity index (χ1) is 7.49. The molecular weight excluding hydrogens is 228 g/mol. The molecule has 0 radical (unpaired) electrons. The minimum Gasteiger partial charge on any atom is -0.508 e. The third-order valence-electron chi connectivity index (χ3n) is 1.77. The Hall–Kier alpha value is -1.69. The van der Waals surface area contributed by atoms with Crippen LogP contribution in [-0.2, 0) is 4.79 Å². The maximum absolute atomic E-state index is 11.3. The molecule has 1 rings (SSSR count). The van der Waals surface area contributed by atoms with Crippen molar-refractivity contribution in [3.05, 3.63) is 24.3 Å². The Morgan fingerprint density at radius 3 is 2.44 bits per heavy atom. The van der Waals surface area contributed by atoms with E-state index in [0.29, 0.717) is 0 Å². The van der Waals surface area contributed by atoms with Crippen molar-refractivity contribution in [1.29, 1.82) is 0 Å². The van der Waals surface area contributed by atoms with Gasteiger partial charge in [-0.05, 0) is 31.2 Å². The SMILES string of the molecule is C[C@H](Sc1ccc(O)cc1)C(=O)NC(N)=O. The van der Waals surface area contributed by atoms with Crippen LogP contribution in [0.2, 0.25) is 0 Å². The van der Waals surface area contributed by atoms with Crippen LogP contribution in [-0.4, -0.2) is 22.3 Å². The molecule has 0 fully saturated rings. The first-order valence-electron chi connectivity index (χ1n) is 4.55. The van der Waals surface area contributed by atoms with Gasteiger partial charge in [0.25, 0.3) is 0 Å². The lowest BCUT2D eigenvalue weighted by Crippen LogP contribution is -2.39. The van der Waals surface area contributed by atoms with Gasteiger partial charge in [0.2, 0.25) is 5.91 Å². The van der Waals surface area contributed by atoms with Crippen LogP contribution in [0.25, 0.3) is 0 Å². The molecule has 0 unspecified atom stereocenters. The second-order valence-electron chi connectivity index (χ2n) is 3.11. The van der Waals surface area contributed by atoms with Gasteiger partial charge in [-0.1, -0.05) is 0 Å². The summed E-state index contributed by atoms with van der Waals surface area (Å²) in [6, 6.07) is 5.58. The van der Waals surface area contributed by atoms with Crippen LogP contribution in [0.5, 0.6) is 5.75 Å². The molecule has 16 heavy (non-hydrogen) atoms. The summed E-state index contributed by atoms with van der Waals surface area (Å²) in [5, 5.41) is 10.6. The summed E-state index contributed by atoms with van der Waals surface area (Å²) in [6.07, 6.45) is 0. The molecular formula is C10H12N2O3S. The van der Waals surface area contributed by atoms with E-state index in [1.165, 1.54) is 23.9 Å². The summed E-state index contributed by atoms with van der Waals surface area (Å²) < 4.78 is 0. The number of thioether (sulfide) groups is 1. The fourth-order valence-electron chi connectivity index (χ4n) is 1.01. The fourth-order valence-corrected chi connectivity index (χ4v) is 1.87. The Morgan fingerprint density at radius 1 is 1.38 bits per heavy atom. The Labute approximate surface area is 97.0 Å². The molecule has 1 aromatic rings. The largest absolute Gasteiger partial charge is 0.508 e. The van der Waals surface area contributed by atoms with E-state index < -0.39 is 17.2 Å². The molecule has 0 aliphatic rings. The smallest absolute Gasteiger partial charge is 0.318 e. The van der Waals surface area contributed by atoms with Crippen molar-refractivity contribution in [3.63, 3.8) is 0 Å². The number of nitrogens with two attached hydrogens (primary N) is 1. The van der Waals surface area contributed by atoms with Gasteiger partial charge >= 0.3 is 6.03 Å². The Bertz CT molecular complexity index is 392. The number of urea groups is 1. The van der Waals surface area contributed by atoms with Crippen LogP contribution in [0, 0.1) is 0 Å². The molecule has 0 aliphatic carbocycles. The van der Waals surface area contributed by atoms with Crippen molar-refractivity contribution in [2.24, 2.45) is 5.73 Å². The van der Waals surface area contributed by atoms with Crippen molar-refractivity contribution in [3.8, 4) is 5.75 Å². The number of rotatable bonds is 3. The number of hydrogen-bond acceptors (Lipinski definition) is 4. The van der Waals surface area contributed by atoms with Gasteiger partial charge in [0, 0.05) is 4.90 Å². The number of carbonyl (C=O) groups is 2. The lowest BCUT2D eigenvalue weighted by molar-refractivity contribution is -0.119. The number of carbonyl (C=O) groups excluding carboxylic acids is 2. The zero-order chi connectivity index (χ0) is 12.1. The van der Waals surface area contributed by atoms with Gasteiger partial charge in [0.15, 0.2) is 0 Å². The van der Waals surface area contributed by atoms with E-state index in [0.717, 1.165) is 4.90 Å². The minimum absolute atomic E-state index is 0.165. The van der Waals surface area contributed by atoms with E-state index in [1.807, 2.05) is 5.32 Å². The molecule has 0 spiro atoms. The molecule has 0 saturated carbocycles. The van der Waals surface area contributed by atoms with Gasteiger partial charge in [0.1, 0.15) is 5.75 Å². The number of imide groups is 1. The van der Waals surface area contributed by atoms with Gasteiger partial charge in [-0.15, -0.1) is 11.8 Å². The number of nitrogens with one attached hydrogen (secondary N) is 1. The second kappa shape index (κ2) is 5.41. The van der Waals surface area contributed by atoms with E-state index in [1.54, 1.807) is 19.1 Å².